The minimum absolute atomic E-state index is 0.0782. The van der Waals surface area contributed by atoms with Gasteiger partial charge >= 0.3 is 17.9 Å². The minimum atomic E-state index is -0.743. The number of hydrogen-bond donors (Lipinski definition) is 1. The van der Waals surface area contributed by atoms with Gasteiger partial charge in [0.1, 0.15) is 0 Å². The average Bonchev–Trinajstić information content (AvgIpc) is 2.57. The van der Waals surface area contributed by atoms with Crippen LogP contribution in [0.2, 0.25) is 0 Å². The zero-order valence-electron chi connectivity index (χ0n) is 14.7. The molecule has 0 aromatic carbocycles. The summed E-state index contributed by atoms with van der Waals surface area (Å²) in [6, 6.07) is 0. The van der Waals surface area contributed by atoms with Crippen LogP contribution in [0.4, 0.5) is 0 Å². The fraction of sp³-hybridized carbons (Fsp3) is 0.706. The summed E-state index contributed by atoms with van der Waals surface area (Å²) in [7, 11) is 0. The summed E-state index contributed by atoms with van der Waals surface area (Å²) >= 11 is 0. The molecule has 1 saturated carbocycles. The third kappa shape index (κ3) is 11.4. The van der Waals surface area contributed by atoms with Gasteiger partial charge in [0.2, 0.25) is 0 Å². The van der Waals surface area contributed by atoms with E-state index in [1.807, 2.05) is 13.8 Å². The van der Waals surface area contributed by atoms with Gasteiger partial charge in [-0.05, 0) is 39.5 Å². The molecule has 0 atom stereocenters. The van der Waals surface area contributed by atoms with Gasteiger partial charge in [-0.2, -0.15) is 0 Å². The number of hydrogen-bond acceptors (Lipinski definition) is 5. The van der Waals surface area contributed by atoms with Gasteiger partial charge in [-0.15, -0.1) is 0 Å². The Morgan fingerprint density at radius 3 is 1.74 bits per heavy atom. The summed E-state index contributed by atoms with van der Waals surface area (Å²) in [5.74, 6) is -1.61. The Hall–Kier alpha value is -1.85. The maximum Gasteiger partial charge on any atom is 0.330 e. The van der Waals surface area contributed by atoms with E-state index in [0.717, 1.165) is 6.08 Å². The predicted octanol–water partition coefficient (Wildman–Crippen LogP) is 3.20. The monoisotopic (exact) mass is 330 g/mol. The van der Waals surface area contributed by atoms with Crippen LogP contribution in [0, 0.1) is 11.8 Å². The highest BCUT2D eigenvalue weighted by Crippen LogP contribution is 2.29. The predicted molar refractivity (Wildman–Crippen MR) is 87.9 cm³/mol. The highest BCUT2D eigenvalue weighted by Gasteiger charge is 2.30. The van der Waals surface area contributed by atoms with E-state index in [0.29, 0.717) is 38.9 Å². The number of esters is 2. The van der Waals surface area contributed by atoms with Crippen molar-refractivity contribution in [3.63, 3.8) is 0 Å². The van der Waals surface area contributed by atoms with Crippen LogP contribution in [0.1, 0.15) is 53.4 Å². The summed E-state index contributed by atoms with van der Waals surface area (Å²) in [4.78, 5) is 32.0. The molecule has 134 valence electrons. The molecule has 1 rings (SSSR count). The largest absolute Gasteiger partial charge is 0.481 e. The molecule has 0 aromatic heterocycles. The molecule has 0 heterocycles. The first-order valence-corrected chi connectivity index (χ1v) is 8.14. The summed E-state index contributed by atoms with van der Waals surface area (Å²) < 4.78 is 9.32. The van der Waals surface area contributed by atoms with Crippen molar-refractivity contribution in [1.82, 2.24) is 0 Å². The van der Waals surface area contributed by atoms with Gasteiger partial charge in [0.25, 0.3) is 0 Å². The van der Waals surface area contributed by atoms with Crippen LogP contribution in [-0.4, -0.2) is 36.2 Å². The zero-order chi connectivity index (χ0) is 18.3. The van der Waals surface area contributed by atoms with E-state index < -0.39 is 5.97 Å². The molecule has 1 aliphatic carbocycles. The number of rotatable bonds is 5. The van der Waals surface area contributed by atoms with Crippen molar-refractivity contribution in [2.45, 2.75) is 53.4 Å². The lowest BCUT2D eigenvalue weighted by atomic mass is 9.82. The topological polar surface area (TPSA) is 89.9 Å². The summed E-state index contributed by atoms with van der Waals surface area (Å²) in [6.45, 7) is 11.6. The van der Waals surface area contributed by atoms with Crippen molar-refractivity contribution in [2.75, 3.05) is 13.2 Å². The Kier molecular flexibility index (Phi) is 15.3. The van der Waals surface area contributed by atoms with Crippen molar-refractivity contribution >= 4 is 17.9 Å². The number of carboxylic acid groups (broad SMARTS) is 1. The van der Waals surface area contributed by atoms with Gasteiger partial charge in [0, 0.05) is 6.08 Å². The molecule has 0 amide bonds. The van der Waals surface area contributed by atoms with E-state index in [1.165, 1.54) is 0 Å². The maximum absolute atomic E-state index is 11.3. The second-order valence-electron chi connectivity index (χ2n) is 4.60. The van der Waals surface area contributed by atoms with E-state index >= 15 is 0 Å². The van der Waals surface area contributed by atoms with E-state index in [1.54, 1.807) is 13.8 Å². The lowest BCUT2D eigenvalue weighted by Crippen LogP contribution is -2.27. The number of carboxylic acids is 1. The lowest BCUT2D eigenvalue weighted by molar-refractivity contribution is -0.152. The SMILES string of the molecule is C=CC(=O)OCC.CC.CCOC(=O)C1CCC(C(=O)O)CC1. The quantitative estimate of drug-likeness (QED) is 0.615. The van der Waals surface area contributed by atoms with Gasteiger partial charge in [0.05, 0.1) is 25.0 Å². The number of carbonyl (C=O) groups excluding carboxylic acids is 2. The minimum Gasteiger partial charge on any atom is -0.481 e. The van der Waals surface area contributed by atoms with Crippen LogP contribution in [0.25, 0.3) is 0 Å². The summed E-state index contributed by atoms with van der Waals surface area (Å²) in [5, 5.41) is 8.75. The van der Waals surface area contributed by atoms with Crippen LogP contribution in [0.5, 0.6) is 0 Å². The smallest absolute Gasteiger partial charge is 0.330 e. The molecule has 1 N–H and O–H groups in total. The highest BCUT2D eigenvalue weighted by molar-refractivity contribution is 5.81. The third-order valence-corrected chi connectivity index (χ3v) is 3.15. The normalized spacial score (nSPS) is 19.0. The molecule has 0 radical (unpaired) electrons. The van der Waals surface area contributed by atoms with Crippen molar-refractivity contribution in [2.24, 2.45) is 11.8 Å². The molecule has 0 spiro atoms. The first-order chi connectivity index (χ1) is 11.0. The molecule has 0 saturated heterocycles. The first kappa shape index (κ1) is 23.4. The molecule has 1 fully saturated rings. The molecular weight excluding hydrogens is 300 g/mol. The average molecular weight is 330 g/mol. The molecule has 0 unspecified atom stereocenters. The van der Waals surface area contributed by atoms with Crippen molar-refractivity contribution in [3.8, 4) is 0 Å². The van der Waals surface area contributed by atoms with Gasteiger partial charge in [0.15, 0.2) is 0 Å². The second kappa shape index (κ2) is 15.1. The summed E-state index contributed by atoms with van der Waals surface area (Å²) in [5.41, 5.74) is 0. The van der Waals surface area contributed by atoms with Crippen LogP contribution >= 0.6 is 0 Å². The Bertz CT molecular complexity index is 356. The standard InChI is InChI=1S/C10H16O4.C5H8O2.C2H6/c1-2-14-10(13)8-5-3-7(4-6-8)9(11)12;1-3-5(6)7-4-2;1-2/h7-8H,2-6H2,1H3,(H,11,12);3H,1,4H2,2H3;1-2H3. The first-order valence-electron chi connectivity index (χ1n) is 8.14. The lowest BCUT2D eigenvalue weighted by Gasteiger charge is -2.24. The van der Waals surface area contributed by atoms with Gasteiger partial charge in [-0.3, -0.25) is 9.59 Å². The molecular formula is C17H30O6. The van der Waals surface area contributed by atoms with Crippen molar-refractivity contribution < 1.29 is 29.0 Å². The number of carbonyl (C=O) groups is 3. The molecule has 6 heteroatoms. The number of ether oxygens (including phenoxy) is 2. The Labute approximate surface area is 138 Å². The Balaban J connectivity index is 0. The maximum atomic E-state index is 11.3. The van der Waals surface area contributed by atoms with Crippen LogP contribution in [0.3, 0.4) is 0 Å². The molecule has 0 aromatic rings. The third-order valence-electron chi connectivity index (χ3n) is 3.15. The van der Waals surface area contributed by atoms with Gasteiger partial charge < -0.3 is 14.6 Å². The van der Waals surface area contributed by atoms with Crippen LogP contribution in [-0.2, 0) is 23.9 Å². The highest BCUT2D eigenvalue weighted by atomic mass is 16.5. The van der Waals surface area contributed by atoms with Crippen LogP contribution < -0.4 is 0 Å². The Morgan fingerprint density at radius 1 is 1.00 bits per heavy atom. The van der Waals surface area contributed by atoms with Crippen molar-refractivity contribution in [1.29, 1.82) is 0 Å². The van der Waals surface area contributed by atoms with E-state index in [4.69, 9.17) is 9.84 Å². The van der Waals surface area contributed by atoms with E-state index in [9.17, 15) is 14.4 Å². The number of aliphatic carboxylic acids is 1. The van der Waals surface area contributed by atoms with E-state index in [2.05, 4.69) is 11.3 Å². The second-order valence-corrected chi connectivity index (χ2v) is 4.60. The molecule has 0 aliphatic heterocycles. The fourth-order valence-electron chi connectivity index (χ4n) is 2.04. The van der Waals surface area contributed by atoms with E-state index in [-0.39, 0.29) is 23.8 Å². The van der Waals surface area contributed by atoms with Gasteiger partial charge in [-0.1, -0.05) is 20.4 Å². The van der Waals surface area contributed by atoms with Crippen LogP contribution in [0.15, 0.2) is 12.7 Å². The zero-order valence-corrected chi connectivity index (χ0v) is 14.7. The van der Waals surface area contributed by atoms with Gasteiger partial charge in [-0.25, -0.2) is 4.79 Å². The van der Waals surface area contributed by atoms with Crippen molar-refractivity contribution in [3.05, 3.63) is 12.7 Å². The summed E-state index contributed by atoms with van der Waals surface area (Å²) in [6.07, 6.45) is 3.63. The molecule has 1 aliphatic rings. The fourth-order valence-corrected chi connectivity index (χ4v) is 2.04. The Morgan fingerprint density at radius 2 is 1.43 bits per heavy atom. The molecule has 23 heavy (non-hydrogen) atoms. The molecule has 0 bridgehead atoms. The molecule has 6 nitrogen and oxygen atoms in total.